The first-order chi connectivity index (χ1) is 9.35. The second-order valence-corrected chi connectivity index (χ2v) is 4.91. The molecule has 0 saturated carbocycles. The molecular weight excluding hydrogens is 256 g/mol. The highest BCUT2D eigenvalue weighted by molar-refractivity contribution is 7.98. The molecule has 2 N–H and O–H groups in total. The standard InChI is InChI=1S/C14H16N4S/c1-19-13-5-2-4-12(11(13)10-15)16-7-3-6-14-17-8-9-18-14/h2,4-5,8-9,16H,3,6-7H2,1H3,(H,17,18). The Bertz CT molecular complexity index is 557. The Morgan fingerprint density at radius 3 is 3.05 bits per heavy atom. The minimum absolute atomic E-state index is 0.730. The Balaban J connectivity index is 1.91. The van der Waals surface area contributed by atoms with Crippen LogP contribution in [0.2, 0.25) is 0 Å². The van der Waals surface area contributed by atoms with E-state index in [1.165, 1.54) is 0 Å². The third-order valence-electron chi connectivity index (χ3n) is 2.82. The van der Waals surface area contributed by atoms with Gasteiger partial charge >= 0.3 is 0 Å². The third-order valence-corrected chi connectivity index (χ3v) is 3.60. The number of anilines is 1. The van der Waals surface area contributed by atoms with E-state index in [1.807, 2.05) is 30.7 Å². The van der Waals surface area contributed by atoms with Crippen LogP contribution in [0.4, 0.5) is 5.69 Å². The molecule has 2 rings (SSSR count). The second kappa shape index (κ2) is 6.86. The van der Waals surface area contributed by atoms with Crippen molar-refractivity contribution >= 4 is 17.4 Å². The largest absolute Gasteiger partial charge is 0.384 e. The van der Waals surface area contributed by atoms with Gasteiger partial charge in [-0.1, -0.05) is 6.07 Å². The van der Waals surface area contributed by atoms with Gasteiger partial charge in [0.25, 0.3) is 0 Å². The summed E-state index contributed by atoms with van der Waals surface area (Å²) in [6, 6.07) is 8.16. The molecule has 0 aliphatic heterocycles. The quantitative estimate of drug-likeness (QED) is 0.626. The minimum atomic E-state index is 0.730. The summed E-state index contributed by atoms with van der Waals surface area (Å²) in [5.41, 5.74) is 1.64. The molecule has 0 saturated heterocycles. The maximum atomic E-state index is 9.22. The van der Waals surface area contributed by atoms with E-state index < -0.39 is 0 Å². The van der Waals surface area contributed by atoms with Gasteiger partial charge in [0.1, 0.15) is 11.9 Å². The maximum absolute atomic E-state index is 9.22. The number of nitrogens with zero attached hydrogens (tertiary/aromatic N) is 2. The minimum Gasteiger partial charge on any atom is -0.384 e. The van der Waals surface area contributed by atoms with Crippen LogP contribution in [0.15, 0.2) is 35.5 Å². The first-order valence-electron chi connectivity index (χ1n) is 6.14. The molecular formula is C14H16N4S. The summed E-state index contributed by atoms with van der Waals surface area (Å²) in [6.45, 7) is 0.827. The summed E-state index contributed by atoms with van der Waals surface area (Å²) in [4.78, 5) is 8.28. The number of aromatic amines is 1. The van der Waals surface area contributed by atoms with Gasteiger partial charge in [-0.05, 0) is 24.8 Å². The van der Waals surface area contributed by atoms with E-state index in [1.54, 1.807) is 18.0 Å². The molecule has 0 unspecified atom stereocenters. The second-order valence-electron chi connectivity index (χ2n) is 4.06. The van der Waals surface area contributed by atoms with Gasteiger partial charge in [0.05, 0.1) is 11.3 Å². The third kappa shape index (κ3) is 3.52. The van der Waals surface area contributed by atoms with Gasteiger partial charge < -0.3 is 10.3 Å². The molecule has 0 amide bonds. The van der Waals surface area contributed by atoms with Crippen LogP contribution >= 0.6 is 11.8 Å². The fraction of sp³-hybridized carbons (Fsp3) is 0.286. The highest BCUT2D eigenvalue weighted by Crippen LogP contribution is 2.26. The molecule has 0 radical (unpaired) electrons. The van der Waals surface area contributed by atoms with Gasteiger partial charge in [0.2, 0.25) is 0 Å². The monoisotopic (exact) mass is 272 g/mol. The van der Waals surface area contributed by atoms with Crippen molar-refractivity contribution in [3.8, 4) is 6.07 Å². The van der Waals surface area contributed by atoms with Crippen LogP contribution in [0.1, 0.15) is 17.8 Å². The molecule has 19 heavy (non-hydrogen) atoms. The van der Waals surface area contributed by atoms with Crippen LogP contribution in [0.3, 0.4) is 0 Å². The van der Waals surface area contributed by atoms with Crippen LogP contribution in [-0.4, -0.2) is 22.8 Å². The number of aryl methyl sites for hydroxylation is 1. The zero-order chi connectivity index (χ0) is 13.5. The maximum Gasteiger partial charge on any atom is 0.106 e. The van der Waals surface area contributed by atoms with E-state index in [2.05, 4.69) is 21.4 Å². The summed E-state index contributed by atoms with van der Waals surface area (Å²) >= 11 is 1.59. The van der Waals surface area contributed by atoms with Gasteiger partial charge in [-0.15, -0.1) is 11.8 Å². The Kier molecular flexibility index (Phi) is 4.87. The van der Waals surface area contributed by atoms with E-state index >= 15 is 0 Å². The van der Waals surface area contributed by atoms with Crippen LogP contribution in [-0.2, 0) is 6.42 Å². The van der Waals surface area contributed by atoms with Crippen molar-refractivity contribution in [3.63, 3.8) is 0 Å². The number of rotatable bonds is 6. The van der Waals surface area contributed by atoms with E-state index in [4.69, 9.17) is 0 Å². The highest BCUT2D eigenvalue weighted by Gasteiger charge is 2.06. The summed E-state index contributed by atoms with van der Waals surface area (Å²) in [5.74, 6) is 1.00. The molecule has 2 aromatic rings. The molecule has 4 nitrogen and oxygen atoms in total. The number of hydrogen-bond acceptors (Lipinski definition) is 4. The number of imidazole rings is 1. The lowest BCUT2D eigenvalue weighted by molar-refractivity contribution is 0.816. The van der Waals surface area contributed by atoms with E-state index in [-0.39, 0.29) is 0 Å². The molecule has 0 fully saturated rings. The van der Waals surface area contributed by atoms with Gasteiger partial charge in [0.15, 0.2) is 0 Å². The van der Waals surface area contributed by atoms with Gasteiger partial charge in [-0.2, -0.15) is 5.26 Å². The predicted molar refractivity (Wildman–Crippen MR) is 78.3 cm³/mol. The van der Waals surface area contributed by atoms with E-state index in [0.717, 1.165) is 41.4 Å². The molecule has 0 atom stereocenters. The van der Waals surface area contributed by atoms with E-state index in [0.29, 0.717) is 0 Å². The fourth-order valence-electron chi connectivity index (χ4n) is 1.88. The fourth-order valence-corrected chi connectivity index (χ4v) is 2.45. The van der Waals surface area contributed by atoms with Crippen molar-refractivity contribution in [1.82, 2.24) is 9.97 Å². The Labute approximate surface area is 117 Å². The number of thioether (sulfide) groups is 1. The Morgan fingerprint density at radius 2 is 2.37 bits per heavy atom. The van der Waals surface area contributed by atoms with Gasteiger partial charge in [-0.25, -0.2) is 4.98 Å². The summed E-state index contributed by atoms with van der Waals surface area (Å²) in [5, 5.41) is 12.5. The van der Waals surface area contributed by atoms with Crippen molar-refractivity contribution in [1.29, 1.82) is 5.26 Å². The van der Waals surface area contributed by atoms with Gasteiger partial charge in [-0.3, -0.25) is 0 Å². The number of H-pyrrole nitrogens is 1. The summed E-state index contributed by atoms with van der Waals surface area (Å²) in [6.07, 6.45) is 7.46. The highest BCUT2D eigenvalue weighted by atomic mass is 32.2. The molecule has 1 heterocycles. The van der Waals surface area contributed by atoms with Crippen LogP contribution in [0.25, 0.3) is 0 Å². The molecule has 98 valence electrons. The Hall–Kier alpha value is -1.93. The van der Waals surface area contributed by atoms with E-state index in [9.17, 15) is 5.26 Å². The average molecular weight is 272 g/mol. The summed E-state index contributed by atoms with van der Waals surface area (Å²) < 4.78 is 0. The first-order valence-corrected chi connectivity index (χ1v) is 7.37. The average Bonchev–Trinajstić information content (AvgIpc) is 2.96. The molecule has 0 aliphatic carbocycles. The van der Waals surface area contributed by atoms with Crippen molar-refractivity contribution in [2.45, 2.75) is 17.7 Å². The zero-order valence-corrected chi connectivity index (χ0v) is 11.6. The molecule has 5 heteroatoms. The van der Waals surface area contributed by atoms with Crippen molar-refractivity contribution in [2.75, 3.05) is 18.1 Å². The molecule has 0 bridgehead atoms. The van der Waals surface area contributed by atoms with Crippen LogP contribution in [0.5, 0.6) is 0 Å². The zero-order valence-electron chi connectivity index (χ0n) is 10.8. The number of nitrogens with one attached hydrogen (secondary N) is 2. The lowest BCUT2D eigenvalue weighted by Gasteiger charge is -2.10. The SMILES string of the molecule is CSc1cccc(NCCCc2ncc[nH]2)c1C#N. The molecule has 0 aliphatic rings. The number of nitriles is 1. The van der Waals surface area contributed by atoms with Crippen LogP contribution in [0, 0.1) is 11.3 Å². The predicted octanol–water partition coefficient (Wildman–Crippen LogP) is 3.05. The van der Waals surface area contributed by atoms with Crippen molar-refractivity contribution in [3.05, 3.63) is 42.0 Å². The first kappa shape index (κ1) is 13.5. The number of aromatic nitrogens is 2. The normalized spacial score (nSPS) is 10.1. The molecule has 1 aromatic heterocycles. The molecule has 0 spiro atoms. The summed E-state index contributed by atoms with van der Waals surface area (Å²) in [7, 11) is 0. The lowest BCUT2D eigenvalue weighted by Crippen LogP contribution is -2.05. The number of hydrogen-bond donors (Lipinski definition) is 2. The lowest BCUT2D eigenvalue weighted by atomic mass is 10.2. The smallest absolute Gasteiger partial charge is 0.106 e. The number of benzene rings is 1. The van der Waals surface area contributed by atoms with Crippen LogP contribution < -0.4 is 5.32 Å². The Morgan fingerprint density at radius 1 is 1.47 bits per heavy atom. The molecule has 1 aromatic carbocycles. The van der Waals surface area contributed by atoms with Gasteiger partial charge in [0, 0.05) is 30.3 Å². The van der Waals surface area contributed by atoms with Crippen molar-refractivity contribution < 1.29 is 0 Å². The topological polar surface area (TPSA) is 64.5 Å². The van der Waals surface area contributed by atoms with Crippen molar-refractivity contribution in [2.24, 2.45) is 0 Å².